The predicted octanol–water partition coefficient (Wildman–Crippen LogP) is -0.401. The molecule has 0 aliphatic carbocycles. The maximum absolute atomic E-state index is 8.01. The molecule has 6 heteroatoms. The quantitative estimate of drug-likeness (QED) is 0.280. The molecule has 4 N–H and O–H groups in total. The molecule has 0 fully saturated rings. The second-order valence-corrected chi connectivity index (χ2v) is 1.70. The van der Waals surface area contributed by atoms with Crippen molar-refractivity contribution >= 4 is 34.4 Å². The molecule has 0 aromatic rings. The monoisotopic (exact) mass is 152 g/mol. The fourth-order valence-corrected chi connectivity index (χ4v) is 0.193. The molecule has 0 rings (SSSR count). The summed E-state index contributed by atoms with van der Waals surface area (Å²) in [7, 11) is 0. The minimum atomic E-state index is -0.109. The second-order valence-electron chi connectivity index (χ2n) is 0.882. The molecule has 46 valence electrons. The summed E-state index contributed by atoms with van der Waals surface area (Å²) in [5.41, 5.74) is 3.17. The summed E-state index contributed by atoms with van der Waals surface area (Å²) < 4.78 is 0. The zero-order valence-corrected chi connectivity index (χ0v) is 5.34. The van der Waals surface area contributed by atoms with Gasteiger partial charge in [-0.3, -0.25) is 21.4 Å². The Bertz CT molecular complexity index is 101. The van der Waals surface area contributed by atoms with E-state index < -0.39 is 0 Å². The van der Waals surface area contributed by atoms with Gasteiger partial charge in [-0.2, -0.15) is 0 Å². The third-order valence-corrected chi connectivity index (χ3v) is 1.13. The van der Waals surface area contributed by atoms with Gasteiger partial charge >= 0.3 is 0 Å². The van der Waals surface area contributed by atoms with Gasteiger partial charge in [0, 0.05) is 0 Å². The first-order chi connectivity index (χ1) is 3.72. The fraction of sp³-hybridized carbons (Fsp3) is 0. The highest BCUT2D eigenvalue weighted by Crippen LogP contribution is 1.72. The third-order valence-electron chi connectivity index (χ3n) is 0.409. The molecule has 0 aliphatic heterocycles. The molecule has 0 radical (unpaired) electrons. The van der Waals surface area contributed by atoms with Crippen molar-refractivity contribution in [1.29, 1.82) is 0 Å². The van der Waals surface area contributed by atoms with Crippen molar-refractivity contribution in [2.75, 3.05) is 0 Å². The highest BCUT2D eigenvalue weighted by molar-refractivity contribution is 7.89. The van der Waals surface area contributed by atoms with E-state index in [4.69, 9.17) is 10.4 Å². The SMILES string of the molecule is ONC(=S)C(=S)NO. The molecule has 0 amide bonds. The van der Waals surface area contributed by atoms with Crippen molar-refractivity contribution in [3.63, 3.8) is 0 Å². The van der Waals surface area contributed by atoms with Crippen molar-refractivity contribution in [3.8, 4) is 0 Å². The maximum atomic E-state index is 8.01. The lowest BCUT2D eigenvalue weighted by Crippen LogP contribution is -2.33. The number of hydrogen-bond acceptors (Lipinski definition) is 4. The van der Waals surface area contributed by atoms with Crippen LogP contribution in [0.3, 0.4) is 0 Å². The van der Waals surface area contributed by atoms with Gasteiger partial charge in [0.2, 0.25) is 0 Å². The van der Waals surface area contributed by atoms with Crippen LogP contribution < -0.4 is 11.0 Å². The normalized spacial score (nSPS) is 7.75. The van der Waals surface area contributed by atoms with E-state index in [0.717, 1.165) is 0 Å². The zero-order chi connectivity index (χ0) is 6.57. The molecule has 0 aliphatic rings. The highest BCUT2D eigenvalue weighted by atomic mass is 32.1. The van der Waals surface area contributed by atoms with Crippen LogP contribution in [-0.4, -0.2) is 20.4 Å². The van der Waals surface area contributed by atoms with Gasteiger partial charge < -0.3 is 0 Å². The van der Waals surface area contributed by atoms with Crippen LogP contribution in [0.4, 0.5) is 0 Å². The van der Waals surface area contributed by atoms with Crippen LogP contribution in [0, 0.1) is 0 Å². The molecule has 8 heavy (non-hydrogen) atoms. The van der Waals surface area contributed by atoms with E-state index in [2.05, 4.69) is 24.4 Å². The lowest BCUT2D eigenvalue weighted by Gasteiger charge is -1.98. The van der Waals surface area contributed by atoms with Crippen LogP contribution in [-0.2, 0) is 0 Å². The number of hydrogen-bond donors (Lipinski definition) is 4. The average Bonchev–Trinajstić information content (AvgIpc) is 1.84. The van der Waals surface area contributed by atoms with E-state index >= 15 is 0 Å². The van der Waals surface area contributed by atoms with Gasteiger partial charge in [0.1, 0.15) is 0 Å². The van der Waals surface area contributed by atoms with Gasteiger partial charge in [-0.25, -0.2) is 0 Å². The van der Waals surface area contributed by atoms with Crippen LogP contribution in [0.5, 0.6) is 0 Å². The molecule has 0 saturated heterocycles. The van der Waals surface area contributed by atoms with Gasteiger partial charge in [0.05, 0.1) is 0 Å². The molecule has 0 unspecified atom stereocenters. The molecular weight excluding hydrogens is 148 g/mol. The summed E-state index contributed by atoms with van der Waals surface area (Å²) >= 11 is 8.70. The Labute approximate surface area is 56.4 Å². The summed E-state index contributed by atoms with van der Waals surface area (Å²) in [4.78, 5) is -0.218. The Morgan fingerprint density at radius 1 is 1.00 bits per heavy atom. The van der Waals surface area contributed by atoms with E-state index in [1.165, 1.54) is 0 Å². The van der Waals surface area contributed by atoms with Gasteiger partial charge in [0.25, 0.3) is 0 Å². The van der Waals surface area contributed by atoms with Gasteiger partial charge in [-0.1, -0.05) is 24.4 Å². The van der Waals surface area contributed by atoms with Crippen LogP contribution in [0.25, 0.3) is 0 Å². The summed E-state index contributed by atoms with van der Waals surface area (Å²) in [5, 5.41) is 16.0. The second kappa shape index (κ2) is 3.67. The molecule has 0 aromatic heterocycles. The summed E-state index contributed by atoms with van der Waals surface area (Å²) in [6, 6.07) is 0. The largest absolute Gasteiger partial charge is 0.290 e. The van der Waals surface area contributed by atoms with E-state index in [1.807, 2.05) is 0 Å². The van der Waals surface area contributed by atoms with Crippen molar-refractivity contribution in [3.05, 3.63) is 0 Å². The van der Waals surface area contributed by atoms with Gasteiger partial charge in [-0.15, -0.1) is 0 Å². The van der Waals surface area contributed by atoms with Crippen molar-refractivity contribution < 1.29 is 10.4 Å². The Balaban J connectivity index is 3.64. The van der Waals surface area contributed by atoms with Crippen LogP contribution in [0.15, 0.2) is 0 Å². The third kappa shape index (κ3) is 2.12. The first-order valence-corrected chi connectivity index (χ1v) is 2.42. The Kier molecular flexibility index (Phi) is 3.53. The van der Waals surface area contributed by atoms with Crippen LogP contribution in [0.1, 0.15) is 0 Å². The molecule has 0 heterocycles. The molecule has 0 spiro atoms. The molecule has 0 saturated carbocycles. The van der Waals surface area contributed by atoms with E-state index in [9.17, 15) is 0 Å². The molecule has 0 bridgehead atoms. The van der Waals surface area contributed by atoms with E-state index in [1.54, 1.807) is 11.0 Å². The smallest absolute Gasteiger partial charge is 0.160 e. The highest BCUT2D eigenvalue weighted by Gasteiger charge is 1.97. The standard InChI is InChI=1S/C2H4N2O2S2/c5-3-1(7)2(8)4-6/h5-6H,(H,3,7)(H,4,8). The Morgan fingerprint density at radius 2 is 1.25 bits per heavy atom. The van der Waals surface area contributed by atoms with Crippen LogP contribution >= 0.6 is 24.4 Å². The number of nitrogens with one attached hydrogen (secondary N) is 2. The Morgan fingerprint density at radius 3 is 1.38 bits per heavy atom. The fourth-order valence-electron chi connectivity index (χ4n) is 0.102. The maximum Gasteiger partial charge on any atom is 0.160 e. The van der Waals surface area contributed by atoms with Gasteiger partial charge in [-0.05, 0) is 0 Å². The summed E-state index contributed by atoms with van der Waals surface area (Å²) in [6.07, 6.45) is 0. The number of rotatable bonds is 0. The minimum Gasteiger partial charge on any atom is -0.290 e. The molecule has 0 atom stereocenters. The van der Waals surface area contributed by atoms with Gasteiger partial charge in [0.15, 0.2) is 9.98 Å². The lowest BCUT2D eigenvalue weighted by molar-refractivity contribution is 0.227. The number of thiocarbonyl (C=S) groups is 2. The summed E-state index contributed by atoms with van der Waals surface area (Å²) in [6.45, 7) is 0. The Hall–Kier alpha value is -0.300. The molecule has 4 nitrogen and oxygen atoms in total. The minimum absolute atomic E-state index is 0.109. The first kappa shape index (κ1) is 7.70. The topological polar surface area (TPSA) is 64.5 Å². The van der Waals surface area contributed by atoms with Crippen LogP contribution in [0.2, 0.25) is 0 Å². The lowest BCUT2D eigenvalue weighted by atomic mass is 10.7. The average molecular weight is 152 g/mol. The van der Waals surface area contributed by atoms with Crippen molar-refractivity contribution in [2.45, 2.75) is 0 Å². The first-order valence-electron chi connectivity index (χ1n) is 1.61. The predicted molar refractivity (Wildman–Crippen MR) is 35.0 cm³/mol. The van der Waals surface area contributed by atoms with E-state index in [-0.39, 0.29) is 9.98 Å². The van der Waals surface area contributed by atoms with E-state index in [0.29, 0.717) is 0 Å². The van der Waals surface area contributed by atoms with Crippen molar-refractivity contribution in [1.82, 2.24) is 11.0 Å². The summed E-state index contributed by atoms with van der Waals surface area (Å²) in [5.74, 6) is 0. The molecular formula is C2H4N2O2S2. The van der Waals surface area contributed by atoms with Crippen molar-refractivity contribution in [2.24, 2.45) is 0 Å². The molecule has 0 aromatic carbocycles. The number of hydroxylamine groups is 2. The zero-order valence-electron chi connectivity index (χ0n) is 3.71.